The number of methoxy groups -OCH3 is 1. The lowest BCUT2D eigenvalue weighted by Gasteiger charge is -2.24. The lowest BCUT2D eigenvalue weighted by atomic mass is 10.2. The van der Waals surface area contributed by atoms with E-state index in [0.717, 1.165) is 24.3 Å². The normalized spacial score (nSPS) is 11.6. The van der Waals surface area contributed by atoms with Gasteiger partial charge in [0.25, 0.3) is 31.4 Å². The van der Waals surface area contributed by atoms with Crippen molar-refractivity contribution in [2.75, 3.05) is 10.8 Å². The Morgan fingerprint density at radius 1 is 0.714 bits per heavy atom. The first-order valence-electron chi connectivity index (χ1n) is 9.75. The zero-order valence-corrected chi connectivity index (χ0v) is 20.2. The van der Waals surface area contributed by atoms with Gasteiger partial charge >= 0.3 is 0 Å². The maximum atomic E-state index is 13.6. The van der Waals surface area contributed by atoms with Crippen molar-refractivity contribution in [3.63, 3.8) is 0 Å². The van der Waals surface area contributed by atoms with Crippen LogP contribution in [0.25, 0.3) is 0 Å². The Hall–Kier alpha value is -4.04. The van der Waals surface area contributed by atoms with Crippen LogP contribution in [0.1, 0.15) is 11.1 Å². The molecule has 3 aromatic rings. The fourth-order valence-electron chi connectivity index (χ4n) is 3.19. The van der Waals surface area contributed by atoms with Gasteiger partial charge in [-0.1, -0.05) is 12.1 Å². The number of hydrogen-bond acceptors (Lipinski definition) is 9. The predicted octanol–water partition coefficient (Wildman–Crippen LogP) is 3.71. The number of anilines is 1. The molecule has 0 fully saturated rings. The fraction of sp³-hybridized carbons (Fsp3) is 0.143. The molecule has 0 saturated heterocycles. The van der Waals surface area contributed by atoms with Crippen molar-refractivity contribution in [1.82, 2.24) is 0 Å². The Kier molecular flexibility index (Phi) is 6.80. The average Bonchev–Trinajstić information content (AvgIpc) is 2.79. The van der Waals surface area contributed by atoms with Crippen LogP contribution in [0.5, 0.6) is 5.75 Å². The van der Waals surface area contributed by atoms with E-state index < -0.39 is 51.1 Å². The van der Waals surface area contributed by atoms with Crippen molar-refractivity contribution >= 4 is 37.1 Å². The second-order valence-corrected chi connectivity index (χ2v) is 11.1. The molecule has 0 heterocycles. The van der Waals surface area contributed by atoms with Gasteiger partial charge in [-0.15, -0.1) is 0 Å². The molecule has 184 valence electrons. The van der Waals surface area contributed by atoms with Crippen molar-refractivity contribution in [2.24, 2.45) is 0 Å². The second-order valence-electron chi connectivity index (χ2n) is 7.32. The topological polar surface area (TPSA) is 167 Å². The second kappa shape index (κ2) is 9.31. The third-order valence-electron chi connectivity index (χ3n) is 5.07. The van der Waals surface area contributed by atoms with Gasteiger partial charge in [0.05, 0.1) is 32.4 Å². The van der Waals surface area contributed by atoms with Crippen LogP contribution >= 0.6 is 0 Å². The van der Waals surface area contributed by atoms with Crippen molar-refractivity contribution in [3.8, 4) is 5.75 Å². The van der Waals surface area contributed by atoms with E-state index in [9.17, 15) is 37.1 Å². The minimum Gasteiger partial charge on any atom is -0.497 e. The van der Waals surface area contributed by atoms with Gasteiger partial charge in [0.1, 0.15) is 5.75 Å². The van der Waals surface area contributed by atoms with Crippen LogP contribution in [-0.4, -0.2) is 33.8 Å². The SMILES string of the molecule is COc1ccc(N(S(=O)(=O)c2ccc(C)c([N+](=O)[O-])c2)S(=O)(=O)c2ccc(C)c([N+](=O)[O-])c2)cc1. The summed E-state index contributed by atoms with van der Waals surface area (Å²) in [5, 5.41) is 22.7. The lowest BCUT2D eigenvalue weighted by molar-refractivity contribution is -0.385. The van der Waals surface area contributed by atoms with Crippen LogP contribution in [0.15, 0.2) is 70.5 Å². The number of benzene rings is 3. The molecule has 0 N–H and O–H groups in total. The Morgan fingerprint density at radius 2 is 1.11 bits per heavy atom. The Bertz CT molecular complexity index is 1440. The van der Waals surface area contributed by atoms with Crippen LogP contribution in [0.3, 0.4) is 0 Å². The van der Waals surface area contributed by atoms with E-state index in [2.05, 4.69) is 0 Å². The van der Waals surface area contributed by atoms with Gasteiger partial charge in [-0.25, -0.2) is 16.8 Å². The Balaban J connectivity index is 2.32. The summed E-state index contributed by atoms with van der Waals surface area (Å²) in [5.41, 5.74) is -1.05. The summed E-state index contributed by atoms with van der Waals surface area (Å²) in [5.74, 6) is 0.306. The highest BCUT2D eigenvalue weighted by atomic mass is 32.3. The minimum absolute atomic E-state index is 0.0855. The molecule has 0 aliphatic heterocycles. The molecule has 3 aromatic carbocycles. The first-order valence-corrected chi connectivity index (χ1v) is 12.6. The van der Waals surface area contributed by atoms with Crippen LogP contribution in [0, 0.1) is 34.1 Å². The summed E-state index contributed by atoms with van der Waals surface area (Å²) < 4.78 is 59.7. The molecular formula is C21H19N3O9S2. The van der Waals surface area contributed by atoms with E-state index in [1.54, 1.807) is 0 Å². The van der Waals surface area contributed by atoms with Crippen LogP contribution < -0.4 is 8.45 Å². The van der Waals surface area contributed by atoms with E-state index >= 15 is 0 Å². The summed E-state index contributed by atoms with van der Waals surface area (Å²) >= 11 is 0. The summed E-state index contributed by atoms with van der Waals surface area (Å²) in [6.45, 7) is 2.80. The molecule has 0 unspecified atom stereocenters. The Morgan fingerprint density at radius 3 is 1.46 bits per heavy atom. The third-order valence-corrected chi connectivity index (χ3v) is 9.24. The summed E-state index contributed by atoms with van der Waals surface area (Å²) in [7, 11) is -8.57. The molecule has 3 rings (SSSR count). The molecule has 0 bridgehead atoms. The molecule has 0 saturated carbocycles. The number of hydrogen-bond donors (Lipinski definition) is 0. The first-order chi connectivity index (χ1) is 16.3. The van der Waals surface area contributed by atoms with Gasteiger partial charge in [-0.05, 0) is 50.2 Å². The standard InChI is InChI=1S/C21H19N3O9S2/c1-14-4-10-18(12-20(14)22(25)26)34(29,30)24(16-6-8-17(33-3)9-7-16)35(31,32)19-11-5-15(2)21(13-19)23(27)28/h4-13H,1-3H3. The number of rotatable bonds is 8. The van der Waals surface area contributed by atoms with Gasteiger partial charge in [0.2, 0.25) is 0 Å². The van der Waals surface area contributed by atoms with Gasteiger partial charge in [0, 0.05) is 23.3 Å². The number of ether oxygens (including phenoxy) is 1. The quantitative estimate of drug-likeness (QED) is 0.317. The highest BCUT2D eigenvalue weighted by Crippen LogP contribution is 2.35. The van der Waals surface area contributed by atoms with Crippen molar-refractivity contribution in [1.29, 1.82) is 0 Å². The highest BCUT2D eigenvalue weighted by Gasteiger charge is 2.38. The molecule has 0 aliphatic rings. The molecule has 35 heavy (non-hydrogen) atoms. The van der Waals surface area contributed by atoms with Crippen molar-refractivity contribution in [2.45, 2.75) is 23.6 Å². The lowest BCUT2D eigenvalue weighted by Crippen LogP contribution is -2.37. The number of nitro groups is 2. The average molecular weight is 522 g/mol. The maximum absolute atomic E-state index is 13.6. The summed E-state index contributed by atoms with van der Waals surface area (Å²) in [6.07, 6.45) is 0. The van der Waals surface area contributed by atoms with E-state index in [1.165, 1.54) is 57.4 Å². The summed E-state index contributed by atoms with van der Waals surface area (Å²) in [4.78, 5) is 19.8. The monoisotopic (exact) mass is 521 g/mol. The van der Waals surface area contributed by atoms with Gasteiger partial charge in [-0.2, -0.15) is 3.71 Å². The molecule has 14 heteroatoms. The van der Waals surface area contributed by atoms with E-state index in [0.29, 0.717) is 5.75 Å². The molecule has 0 spiro atoms. The van der Waals surface area contributed by atoms with Crippen molar-refractivity contribution in [3.05, 3.63) is 92.0 Å². The maximum Gasteiger partial charge on any atom is 0.277 e. The van der Waals surface area contributed by atoms with Crippen LogP contribution in [0.2, 0.25) is 0 Å². The zero-order valence-electron chi connectivity index (χ0n) is 18.6. The number of aryl methyl sites for hydroxylation is 2. The first kappa shape index (κ1) is 25.6. The Labute approximate surface area is 200 Å². The fourth-order valence-corrected chi connectivity index (χ4v) is 6.93. The van der Waals surface area contributed by atoms with Crippen LogP contribution in [0.4, 0.5) is 17.1 Å². The molecule has 0 amide bonds. The molecular weight excluding hydrogens is 502 g/mol. The third kappa shape index (κ3) is 4.79. The van der Waals surface area contributed by atoms with Gasteiger partial charge < -0.3 is 4.74 Å². The van der Waals surface area contributed by atoms with Crippen molar-refractivity contribution < 1.29 is 31.4 Å². The molecule has 0 aliphatic carbocycles. The highest BCUT2D eigenvalue weighted by molar-refractivity contribution is 8.10. The van der Waals surface area contributed by atoms with Gasteiger partial charge in [0.15, 0.2) is 0 Å². The molecule has 0 radical (unpaired) electrons. The minimum atomic E-state index is -4.97. The van der Waals surface area contributed by atoms with E-state index in [1.807, 2.05) is 0 Å². The largest absolute Gasteiger partial charge is 0.497 e. The van der Waals surface area contributed by atoms with Crippen LogP contribution in [-0.2, 0) is 20.0 Å². The number of sulfonamides is 2. The predicted molar refractivity (Wildman–Crippen MR) is 126 cm³/mol. The zero-order chi connectivity index (χ0) is 26.1. The molecule has 12 nitrogen and oxygen atoms in total. The number of nitro benzene ring substituents is 2. The smallest absolute Gasteiger partial charge is 0.277 e. The molecule has 0 atom stereocenters. The van der Waals surface area contributed by atoms with E-state index in [4.69, 9.17) is 4.74 Å². The van der Waals surface area contributed by atoms with E-state index in [-0.39, 0.29) is 20.5 Å². The van der Waals surface area contributed by atoms with Gasteiger partial charge in [-0.3, -0.25) is 20.2 Å². The number of nitrogens with zero attached hydrogens (tertiary/aromatic N) is 3. The molecule has 0 aromatic heterocycles. The summed E-state index contributed by atoms with van der Waals surface area (Å²) in [6, 6.07) is 10.9.